The van der Waals surface area contributed by atoms with Crippen molar-refractivity contribution in [2.24, 2.45) is 0 Å². The topological polar surface area (TPSA) is 52.6 Å². The molecule has 0 aliphatic rings. The van der Waals surface area contributed by atoms with Crippen LogP contribution in [0.1, 0.15) is 31.1 Å². The lowest BCUT2D eigenvalue weighted by Gasteiger charge is -2.23. The molecule has 0 saturated heterocycles. The summed E-state index contributed by atoms with van der Waals surface area (Å²) >= 11 is 6.00. The molecular weight excluding hydrogens is 256 g/mol. The summed E-state index contributed by atoms with van der Waals surface area (Å²) in [6, 6.07) is 4.72. The predicted octanol–water partition coefficient (Wildman–Crippen LogP) is 2.87. The van der Waals surface area contributed by atoms with Gasteiger partial charge in [0, 0.05) is 12.5 Å². The van der Waals surface area contributed by atoms with E-state index in [4.69, 9.17) is 21.1 Å². The third kappa shape index (κ3) is 3.23. The smallest absolute Gasteiger partial charge is 0.303 e. The summed E-state index contributed by atoms with van der Waals surface area (Å²) in [6.07, 6.45) is 0. The number of Topliss-reactive ketones (excluding diaryl/α,β-unsaturated/α-hetero) is 1. The molecule has 0 heterocycles. The van der Waals surface area contributed by atoms with E-state index in [2.05, 4.69) is 0 Å². The van der Waals surface area contributed by atoms with Crippen molar-refractivity contribution in [1.29, 1.82) is 0 Å². The molecule has 0 bridgehead atoms. The Morgan fingerprint density at radius 2 is 1.89 bits per heavy atom. The van der Waals surface area contributed by atoms with Gasteiger partial charge in [-0.3, -0.25) is 9.59 Å². The number of rotatable bonds is 4. The van der Waals surface area contributed by atoms with E-state index < -0.39 is 11.6 Å². The van der Waals surface area contributed by atoms with Gasteiger partial charge in [0.25, 0.3) is 0 Å². The molecule has 0 aromatic heterocycles. The lowest BCUT2D eigenvalue weighted by molar-refractivity contribution is -0.149. The highest BCUT2D eigenvalue weighted by molar-refractivity contribution is 6.34. The Hall–Kier alpha value is -1.55. The quantitative estimate of drug-likeness (QED) is 0.624. The Balaban J connectivity index is 3.07. The number of esters is 1. The van der Waals surface area contributed by atoms with E-state index >= 15 is 0 Å². The molecular formula is C13H15ClO4. The monoisotopic (exact) mass is 270 g/mol. The standard InChI is InChI=1S/C13H15ClO4/c1-8(15)18-13(2,3)12(16)10-6-5-9(17-4)7-11(10)14/h5-7H,1-4H3. The van der Waals surface area contributed by atoms with Crippen molar-refractivity contribution < 1.29 is 19.1 Å². The molecule has 0 aliphatic heterocycles. The zero-order valence-corrected chi connectivity index (χ0v) is 11.5. The lowest BCUT2D eigenvalue weighted by Crippen LogP contribution is -2.36. The van der Waals surface area contributed by atoms with Gasteiger partial charge in [0.15, 0.2) is 5.60 Å². The summed E-state index contributed by atoms with van der Waals surface area (Å²) in [7, 11) is 1.51. The second-order valence-corrected chi connectivity index (χ2v) is 4.69. The van der Waals surface area contributed by atoms with Crippen molar-refractivity contribution in [3.8, 4) is 5.75 Å². The van der Waals surface area contributed by atoms with Gasteiger partial charge in [-0.15, -0.1) is 0 Å². The number of ether oxygens (including phenoxy) is 2. The van der Waals surface area contributed by atoms with E-state index in [0.29, 0.717) is 11.3 Å². The second-order valence-electron chi connectivity index (χ2n) is 4.28. The van der Waals surface area contributed by atoms with Crippen LogP contribution in [0, 0.1) is 0 Å². The van der Waals surface area contributed by atoms with E-state index in [1.165, 1.54) is 27.9 Å². The molecule has 0 N–H and O–H groups in total. The Bertz CT molecular complexity index is 480. The average Bonchev–Trinajstić information content (AvgIpc) is 2.26. The molecule has 0 aliphatic carbocycles. The highest BCUT2D eigenvalue weighted by Gasteiger charge is 2.33. The summed E-state index contributed by atoms with van der Waals surface area (Å²) in [5, 5.41) is 0.263. The molecule has 5 heteroatoms. The first-order chi connectivity index (χ1) is 8.27. The van der Waals surface area contributed by atoms with Crippen LogP contribution in [0.15, 0.2) is 18.2 Å². The number of ketones is 1. The third-order valence-electron chi connectivity index (χ3n) is 2.37. The van der Waals surface area contributed by atoms with Gasteiger partial charge in [-0.25, -0.2) is 0 Å². The lowest BCUT2D eigenvalue weighted by atomic mass is 9.96. The molecule has 0 atom stereocenters. The van der Waals surface area contributed by atoms with E-state index in [0.717, 1.165) is 0 Å². The number of benzene rings is 1. The molecule has 1 rings (SSSR count). The minimum Gasteiger partial charge on any atom is -0.497 e. The molecule has 0 radical (unpaired) electrons. The molecule has 18 heavy (non-hydrogen) atoms. The first-order valence-electron chi connectivity index (χ1n) is 5.36. The van der Waals surface area contributed by atoms with Crippen molar-refractivity contribution >= 4 is 23.4 Å². The Morgan fingerprint density at radius 3 is 2.33 bits per heavy atom. The molecule has 1 aromatic rings. The molecule has 0 saturated carbocycles. The minimum absolute atomic E-state index is 0.263. The van der Waals surface area contributed by atoms with Crippen LogP contribution in [0.2, 0.25) is 5.02 Å². The van der Waals surface area contributed by atoms with Gasteiger partial charge in [-0.1, -0.05) is 11.6 Å². The van der Waals surface area contributed by atoms with Crippen molar-refractivity contribution in [1.82, 2.24) is 0 Å². The normalized spacial score (nSPS) is 10.9. The molecule has 0 spiro atoms. The molecule has 0 fully saturated rings. The van der Waals surface area contributed by atoms with Crippen molar-refractivity contribution in [2.45, 2.75) is 26.4 Å². The predicted molar refractivity (Wildman–Crippen MR) is 68.2 cm³/mol. The second kappa shape index (κ2) is 5.40. The van der Waals surface area contributed by atoms with Gasteiger partial charge in [0.05, 0.1) is 12.1 Å². The van der Waals surface area contributed by atoms with Crippen LogP contribution in [0.5, 0.6) is 5.75 Å². The first-order valence-corrected chi connectivity index (χ1v) is 5.73. The van der Waals surface area contributed by atoms with Crippen LogP contribution in [-0.2, 0) is 9.53 Å². The zero-order valence-electron chi connectivity index (χ0n) is 10.7. The Labute approximate surface area is 111 Å². The van der Waals surface area contributed by atoms with Crippen LogP contribution in [0.3, 0.4) is 0 Å². The van der Waals surface area contributed by atoms with Gasteiger partial charge in [0.1, 0.15) is 5.75 Å². The van der Waals surface area contributed by atoms with Crippen LogP contribution < -0.4 is 4.74 Å². The summed E-state index contributed by atoms with van der Waals surface area (Å²) in [5.74, 6) is -0.315. The number of carbonyl (C=O) groups excluding carboxylic acids is 2. The first kappa shape index (κ1) is 14.5. The number of hydrogen-bond donors (Lipinski definition) is 0. The SMILES string of the molecule is COc1ccc(C(=O)C(C)(C)OC(C)=O)c(Cl)c1. The average molecular weight is 271 g/mol. The maximum absolute atomic E-state index is 12.2. The fourth-order valence-electron chi connectivity index (χ4n) is 1.54. The highest BCUT2D eigenvalue weighted by atomic mass is 35.5. The molecule has 0 amide bonds. The van der Waals surface area contributed by atoms with Crippen molar-refractivity contribution in [3.63, 3.8) is 0 Å². The molecule has 98 valence electrons. The summed E-state index contributed by atoms with van der Waals surface area (Å²) in [5.41, 5.74) is -0.951. The summed E-state index contributed by atoms with van der Waals surface area (Å²) in [4.78, 5) is 23.2. The summed E-state index contributed by atoms with van der Waals surface area (Å²) in [6.45, 7) is 4.30. The van der Waals surface area contributed by atoms with E-state index in [1.54, 1.807) is 18.2 Å². The van der Waals surface area contributed by atoms with E-state index in [1.807, 2.05) is 0 Å². The van der Waals surface area contributed by atoms with E-state index in [9.17, 15) is 9.59 Å². The van der Waals surface area contributed by atoms with Crippen LogP contribution >= 0.6 is 11.6 Å². The fraction of sp³-hybridized carbons (Fsp3) is 0.385. The minimum atomic E-state index is -1.25. The molecule has 1 aromatic carbocycles. The largest absolute Gasteiger partial charge is 0.497 e. The summed E-state index contributed by atoms with van der Waals surface area (Å²) < 4.78 is 9.99. The number of halogens is 1. The van der Waals surface area contributed by atoms with Gasteiger partial charge < -0.3 is 9.47 Å². The fourth-order valence-corrected chi connectivity index (χ4v) is 1.79. The van der Waals surface area contributed by atoms with Gasteiger partial charge in [-0.2, -0.15) is 0 Å². The van der Waals surface area contributed by atoms with Gasteiger partial charge in [0.2, 0.25) is 5.78 Å². The number of hydrogen-bond acceptors (Lipinski definition) is 4. The van der Waals surface area contributed by atoms with Gasteiger partial charge >= 0.3 is 5.97 Å². The maximum atomic E-state index is 12.2. The van der Waals surface area contributed by atoms with Crippen molar-refractivity contribution in [2.75, 3.05) is 7.11 Å². The third-order valence-corrected chi connectivity index (χ3v) is 2.68. The Kier molecular flexibility index (Phi) is 4.35. The van der Waals surface area contributed by atoms with Crippen LogP contribution in [0.25, 0.3) is 0 Å². The van der Waals surface area contributed by atoms with Crippen LogP contribution in [0.4, 0.5) is 0 Å². The number of carbonyl (C=O) groups is 2. The van der Waals surface area contributed by atoms with E-state index in [-0.39, 0.29) is 10.8 Å². The van der Waals surface area contributed by atoms with Crippen molar-refractivity contribution in [3.05, 3.63) is 28.8 Å². The number of methoxy groups -OCH3 is 1. The maximum Gasteiger partial charge on any atom is 0.303 e. The Morgan fingerprint density at radius 1 is 1.28 bits per heavy atom. The highest BCUT2D eigenvalue weighted by Crippen LogP contribution is 2.27. The molecule has 0 unspecified atom stereocenters. The molecule has 4 nitrogen and oxygen atoms in total. The van der Waals surface area contributed by atoms with Gasteiger partial charge in [-0.05, 0) is 32.0 Å². The van der Waals surface area contributed by atoms with Crippen LogP contribution in [-0.4, -0.2) is 24.5 Å². The zero-order chi connectivity index (χ0) is 13.9.